The number of hydrogen-bond donors (Lipinski definition) is 4. The maximum absolute atomic E-state index is 14.4. The van der Waals surface area contributed by atoms with Gasteiger partial charge in [-0.15, -0.1) is 0 Å². The van der Waals surface area contributed by atoms with Crippen LogP contribution in [0.2, 0.25) is 0 Å². The lowest BCUT2D eigenvalue weighted by Gasteiger charge is -2.30. The summed E-state index contributed by atoms with van der Waals surface area (Å²) in [5.41, 5.74) is 19.0. The number of ketones is 2. The molecule has 0 radical (unpaired) electrons. The molecule has 0 aliphatic carbocycles. The molecule has 2 heterocycles. The zero-order valence-electron chi connectivity index (χ0n) is 33.0. The van der Waals surface area contributed by atoms with Gasteiger partial charge in [-0.05, 0) is 38.3 Å². The van der Waals surface area contributed by atoms with Crippen molar-refractivity contribution in [2.75, 3.05) is 27.3 Å². The van der Waals surface area contributed by atoms with Crippen LogP contribution in [0.5, 0.6) is 11.5 Å². The van der Waals surface area contributed by atoms with Gasteiger partial charge in [-0.3, -0.25) is 9.59 Å². The van der Waals surface area contributed by atoms with Gasteiger partial charge in [0.15, 0.2) is 11.6 Å². The fraction of sp³-hybridized carbons (Fsp3) is 0.442. The zero-order chi connectivity index (χ0) is 38.9. The number of carbonyl (C=O) groups excluding carboxylic acids is 2. The van der Waals surface area contributed by atoms with E-state index in [0.29, 0.717) is 95.7 Å². The Balaban J connectivity index is 0.00000372. The molecule has 2 aromatic carbocycles. The first-order valence-electron chi connectivity index (χ1n) is 19.1. The highest BCUT2D eigenvalue weighted by atomic mass is 16.5. The molecular formula is C43H60N6O4. The fourth-order valence-corrected chi connectivity index (χ4v) is 6.87. The van der Waals surface area contributed by atoms with E-state index in [9.17, 15) is 9.59 Å². The molecule has 6 N–H and O–H groups in total. The van der Waals surface area contributed by atoms with Gasteiger partial charge in [-0.25, -0.2) is 9.98 Å². The van der Waals surface area contributed by atoms with Gasteiger partial charge in [0.05, 0.1) is 25.1 Å². The molecule has 0 bridgehead atoms. The molecule has 2 aromatic rings. The van der Waals surface area contributed by atoms with E-state index in [1.807, 2.05) is 82.4 Å². The number of hydrogen-bond acceptors (Lipinski definition) is 10. The average Bonchev–Trinajstić information content (AvgIpc) is 3.16. The molecule has 10 heteroatoms. The van der Waals surface area contributed by atoms with Crippen molar-refractivity contribution in [2.45, 2.75) is 98.3 Å². The van der Waals surface area contributed by atoms with Crippen molar-refractivity contribution in [3.05, 3.63) is 106 Å². The summed E-state index contributed by atoms with van der Waals surface area (Å²) in [4.78, 5) is 37.7. The minimum absolute atomic E-state index is 0.0468. The number of nitrogens with zero attached hydrogens (tertiary/aromatic N) is 2. The normalized spacial score (nSPS) is 18.6. The second-order valence-corrected chi connectivity index (χ2v) is 12.6. The van der Waals surface area contributed by atoms with Crippen LogP contribution in [0.3, 0.4) is 0 Å². The van der Waals surface area contributed by atoms with E-state index >= 15 is 0 Å². The molecule has 2 unspecified atom stereocenters. The molecule has 2 aliphatic rings. The fourth-order valence-electron chi connectivity index (χ4n) is 6.87. The predicted octanol–water partition coefficient (Wildman–Crippen LogP) is 7.74. The van der Waals surface area contributed by atoms with E-state index in [4.69, 9.17) is 30.9 Å². The van der Waals surface area contributed by atoms with Crippen LogP contribution >= 0.6 is 0 Å². The molecule has 0 saturated carbocycles. The van der Waals surface area contributed by atoms with Gasteiger partial charge in [-0.2, -0.15) is 0 Å². The Labute approximate surface area is 316 Å². The number of carbonyl (C=O) groups is 2. The number of allylic oxidation sites excluding steroid dienone is 4. The van der Waals surface area contributed by atoms with Crippen LogP contribution < -0.4 is 31.6 Å². The zero-order valence-corrected chi connectivity index (χ0v) is 33.0. The van der Waals surface area contributed by atoms with Gasteiger partial charge in [0, 0.05) is 84.1 Å². The highest BCUT2D eigenvalue weighted by Crippen LogP contribution is 2.44. The lowest BCUT2D eigenvalue weighted by molar-refractivity contribution is -0.116. The Hall–Kier alpha value is -5.12. The highest BCUT2D eigenvalue weighted by molar-refractivity contribution is 6.09. The van der Waals surface area contributed by atoms with Crippen molar-refractivity contribution in [3.8, 4) is 11.5 Å². The third-order valence-corrected chi connectivity index (χ3v) is 9.01. The van der Waals surface area contributed by atoms with Crippen LogP contribution in [0.4, 0.5) is 0 Å². The molecule has 0 fully saturated rings. The minimum Gasteiger partial charge on any atom is -0.496 e. The summed E-state index contributed by atoms with van der Waals surface area (Å²) in [6.45, 7) is 12.8. The van der Waals surface area contributed by atoms with Crippen LogP contribution in [0.1, 0.15) is 109 Å². The number of nitrogens with two attached hydrogens (primary N) is 2. The summed E-state index contributed by atoms with van der Waals surface area (Å²) in [6, 6.07) is 15.5. The monoisotopic (exact) mass is 724 g/mol. The SMILES string of the molecule is CC.CCCC(=O)C1=C(CCC)N=C(N)/C(=C\NCCC(=O)C2=C(CCC)N=C(N)/C(=C\NC)C2c2ccccc2OCC)C1c1ccccc1OC. The Kier molecular flexibility index (Phi) is 17.1. The minimum atomic E-state index is -0.481. The molecule has 2 atom stereocenters. The number of nitrogens with one attached hydrogen (secondary N) is 2. The van der Waals surface area contributed by atoms with Gasteiger partial charge in [0.25, 0.3) is 0 Å². The van der Waals surface area contributed by atoms with E-state index < -0.39 is 11.8 Å². The maximum Gasteiger partial charge on any atom is 0.163 e. The number of amidine groups is 2. The second-order valence-electron chi connectivity index (χ2n) is 12.6. The van der Waals surface area contributed by atoms with Crippen LogP contribution in [0, 0.1) is 0 Å². The van der Waals surface area contributed by atoms with Crippen molar-refractivity contribution >= 4 is 23.2 Å². The predicted molar refractivity (Wildman–Crippen MR) is 217 cm³/mol. The molecule has 53 heavy (non-hydrogen) atoms. The van der Waals surface area contributed by atoms with E-state index in [1.54, 1.807) is 20.4 Å². The Morgan fingerprint density at radius 3 is 1.72 bits per heavy atom. The van der Waals surface area contributed by atoms with Crippen LogP contribution in [0.25, 0.3) is 0 Å². The van der Waals surface area contributed by atoms with E-state index in [2.05, 4.69) is 24.5 Å². The van der Waals surface area contributed by atoms with Gasteiger partial charge in [0.2, 0.25) is 0 Å². The van der Waals surface area contributed by atoms with E-state index in [0.717, 1.165) is 24.0 Å². The van der Waals surface area contributed by atoms with Gasteiger partial charge in [-0.1, -0.05) is 83.9 Å². The molecule has 4 rings (SSSR count). The van der Waals surface area contributed by atoms with Gasteiger partial charge < -0.3 is 31.6 Å². The van der Waals surface area contributed by atoms with Crippen LogP contribution in [0.15, 0.2) is 105 Å². The first-order chi connectivity index (χ1) is 25.8. The topological polar surface area (TPSA) is 153 Å². The molecule has 0 saturated heterocycles. The molecule has 0 spiro atoms. The molecule has 0 aromatic heterocycles. The van der Waals surface area contributed by atoms with Gasteiger partial charge >= 0.3 is 0 Å². The van der Waals surface area contributed by atoms with Crippen molar-refractivity contribution < 1.29 is 19.1 Å². The summed E-state index contributed by atoms with van der Waals surface area (Å²) in [7, 11) is 3.42. The Bertz CT molecular complexity index is 1770. The first-order valence-corrected chi connectivity index (χ1v) is 19.1. The Morgan fingerprint density at radius 2 is 1.23 bits per heavy atom. The summed E-state index contributed by atoms with van der Waals surface area (Å²) >= 11 is 0. The summed E-state index contributed by atoms with van der Waals surface area (Å²) in [6.07, 6.45) is 7.76. The highest BCUT2D eigenvalue weighted by Gasteiger charge is 2.37. The molecule has 2 aliphatic heterocycles. The third kappa shape index (κ3) is 10.1. The molecule has 0 amide bonds. The molecule has 286 valence electrons. The quantitative estimate of drug-likeness (QED) is 0.114. The number of ether oxygens (including phenoxy) is 2. The summed E-state index contributed by atoms with van der Waals surface area (Å²) in [5.74, 6) is 1.12. The lowest BCUT2D eigenvalue weighted by Crippen LogP contribution is -2.32. The third-order valence-electron chi connectivity index (χ3n) is 9.01. The second kappa shape index (κ2) is 21.4. The van der Waals surface area contributed by atoms with Crippen molar-refractivity contribution in [1.29, 1.82) is 0 Å². The largest absolute Gasteiger partial charge is 0.496 e. The number of benzene rings is 2. The Morgan fingerprint density at radius 1 is 0.736 bits per heavy atom. The van der Waals surface area contributed by atoms with Crippen molar-refractivity contribution in [2.24, 2.45) is 21.5 Å². The summed E-state index contributed by atoms with van der Waals surface area (Å²) in [5, 5.41) is 6.45. The summed E-state index contributed by atoms with van der Waals surface area (Å²) < 4.78 is 11.8. The number of para-hydroxylation sites is 2. The van der Waals surface area contributed by atoms with Crippen molar-refractivity contribution in [3.63, 3.8) is 0 Å². The number of Topliss-reactive ketones (excluding diaryl/α,β-unsaturated/α-hetero) is 2. The number of aliphatic imine (C=N–C) groups is 2. The average molecular weight is 725 g/mol. The standard InChI is InChI=1S/C41H54N6O4.C2H6/c1-7-15-30-38(32(48)17-9-3)36(26-18-11-13-20-34(26)50-6)29(41(43)47-30)25-45-23-22-33(49)39-31(16-8-2)46-40(42)28(24-44-5)37(39)27-19-12-14-21-35(27)51-10-4;1-2/h11-14,18-21,24-25,36-37,44-45H,7-10,15-17,22-23H2,1-6H3,(H2,42,46)(H2,43,47);1-2H3/b28-24-,29-25-;. The number of methoxy groups -OCH3 is 1. The van der Waals surface area contributed by atoms with E-state index in [-0.39, 0.29) is 18.0 Å². The smallest absolute Gasteiger partial charge is 0.163 e. The van der Waals surface area contributed by atoms with Gasteiger partial charge in [0.1, 0.15) is 23.2 Å². The lowest BCUT2D eigenvalue weighted by atomic mass is 9.77. The molecule has 10 nitrogen and oxygen atoms in total. The maximum atomic E-state index is 14.4. The first kappa shape index (κ1) is 42.3. The van der Waals surface area contributed by atoms with Crippen LogP contribution in [-0.4, -0.2) is 50.5 Å². The number of rotatable bonds is 18. The molecular weight excluding hydrogens is 665 g/mol. The van der Waals surface area contributed by atoms with Crippen molar-refractivity contribution in [1.82, 2.24) is 10.6 Å². The van der Waals surface area contributed by atoms with Crippen LogP contribution in [-0.2, 0) is 9.59 Å². The van der Waals surface area contributed by atoms with E-state index in [1.165, 1.54) is 0 Å².